The second kappa shape index (κ2) is 6.27. The van der Waals surface area contributed by atoms with Gasteiger partial charge in [-0.3, -0.25) is 4.79 Å². The maximum atomic E-state index is 12.0. The summed E-state index contributed by atoms with van der Waals surface area (Å²) in [5, 5.41) is 0. The molecule has 0 spiro atoms. The van der Waals surface area contributed by atoms with E-state index in [0.717, 1.165) is 31.8 Å². The van der Waals surface area contributed by atoms with Gasteiger partial charge in [0.25, 0.3) is 0 Å². The van der Waals surface area contributed by atoms with Gasteiger partial charge in [-0.05, 0) is 25.2 Å². The van der Waals surface area contributed by atoms with Gasteiger partial charge >= 0.3 is 0 Å². The second-order valence-electron chi connectivity index (χ2n) is 5.48. The first kappa shape index (κ1) is 11.9. The summed E-state index contributed by atoms with van der Waals surface area (Å²) in [7, 11) is 0. The van der Waals surface area contributed by atoms with Crippen LogP contribution < -0.4 is 0 Å². The van der Waals surface area contributed by atoms with Crippen molar-refractivity contribution in [3.63, 3.8) is 0 Å². The Kier molecular flexibility index (Phi) is 4.68. The quantitative estimate of drug-likeness (QED) is 0.718. The molecule has 2 heteroatoms. The van der Waals surface area contributed by atoms with Gasteiger partial charge in [-0.2, -0.15) is 0 Å². The topological polar surface area (TPSA) is 20.3 Å². The Balaban J connectivity index is 1.69. The molecule has 1 amide bonds. The largest absolute Gasteiger partial charge is 0.343 e. The molecule has 1 aliphatic carbocycles. The summed E-state index contributed by atoms with van der Waals surface area (Å²) < 4.78 is 0. The van der Waals surface area contributed by atoms with Crippen LogP contribution in [0, 0.1) is 5.92 Å². The van der Waals surface area contributed by atoms with Crippen molar-refractivity contribution in [1.29, 1.82) is 0 Å². The minimum Gasteiger partial charge on any atom is -0.343 e. The van der Waals surface area contributed by atoms with E-state index >= 15 is 0 Å². The zero-order valence-electron chi connectivity index (χ0n) is 10.4. The Morgan fingerprint density at radius 3 is 2.19 bits per heavy atom. The minimum absolute atomic E-state index is 0.425. The predicted molar refractivity (Wildman–Crippen MR) is 66.2 cm³/mol. The molecule has 2 rings (SSSR count). The highest BCUT2D eigenvalue weighted by atomic mass is 16.2. The van der Waals surface area contributed by atoms with Gasteiger partial charge in [-0.15, -0.1) is 0 Å². The fourth-order valence-corrected chi connectivity index (χ4v) is 3.10. The molecule has 0 atom stereocenters. The SMILES string of the molecule is O=C(CCC1CCCC1)N1CCCCCC1. The van der Waals surface area contributed by atoms with E-state index in [2.05, 4.69) is 4.90 Å². The van der Waals surface area contributed by atoms with Crippen LogP contribution in [0.15, 0.2) is 0 Å². The van der Waals surface area contributed by atoms with Gasteiger partial charge in [0.1, 0.15) is 0 Å². The highest BCUT2D eigenvalue weighted by Gasteiger charge is 2.19. The van der Waals surface area contributed by atoms with Crippen molar-refractivity contribution in [3.05, 3.63) is 0 Å². The third-order valence-corrected chi connectivity index (χ3v) is 4.20. The average Bonchev–Trinajstić information content (AvgIpc) is 2.66. The van der Waals surface area contributed by atoms with Gasteiger partial charge in [0.15, 0.2) is 0 Å². The molecule has 0 aromatic carbocycles. The predicted octanol–water partition coefficient (Wildman–Crippen LogP) is 3.36. The van der Waals surface area contributed by atoms with E-state index in [1.165, 1.54) is 51.4 Å². The van der Waals surface area contributed by atoms with E-state index in [1.807, 2.05) is 0 Å². The van der Waals surface area contributed by atoms with E-state index in [9.17, 15) is 4.79 Å². The number of hydrogen-bond donors (Lipinski definition) is 0. The normalized spacial score (nSPS) is 23.4. The molecular formula is C14H25NO. The Morgan fingerprint density at radius 2 is 1.56 bits per heavy atom. The first-order valence-electron chi connectivity index (χ1n) is 7.14. The van der Waals surface area contributed by atoms with Crippen LogP contribution in [0.3, 0.4) is 0 Å². The molecule has 1 aliphatic heterocycles. The summed E-state index contributed by atoms with van der Waals surface area (Å²) in [6.07, 6.45) is 12.5. The number of carbonyl (C=O) groups is 1. The summed E-state index contributed by atoms with van der Waals surface area (Å²) in [4.78, 5) is 14.1. The first-order valence-corrected chi connectivity index (χ1v) is 7.14. The van der Waals surface area contributed by atoms with Gasteiger partial charge in [0.2, 0.25) is 5.91 Å². The molecule has 0 N–H and O–H groups in total. The maximum Gasteiger partial charge on any atom is 0.222 e. The Hall–Kier alpha value is -0.530. The minimum atomic E-state index is 0.425. The molecular weight excluding hydrogens is 198 g/mol. The van der Waals surface area contributed by atoms with Crippen molar-refractivity contribution in [2.75, 3.05) is 13.1 Å². The van der Waals surface area contributed by atoms with E-state index in [-0.39, 0.29) is 0 Å². The molecule has 0 unspecified atom stereocenters. The van der Waals surface area contributed by atoms with Crippen molar-refractivity contribution >= 4 is 5.91 Å². The third kappa shape index (κ3) is 3.50. The van der Waals surface area contributed by atoms with E-state index in [4.69, 9.17) is 0 Å². The van der Waals surface area contributed by atoms with Crippen LogP contribution >= 0.6 is 0 Å². The van der Waals surface area contributed by atoms with Crippen LogP contribution in [0.5, 0.6) is 0 Å². The summed E-state index contributed by atoms with van der Waals surface area (Å²) >= 11 is 0. The van der Waals surface area contributed by atoms with E-state index in [0.29, 0.717) is 5.91 Å². The monoisotopic (exact) mass is 223 g/mol. The molecule has 2 nitrogen and oxygen atoms in total. The zero-order valence-corrected chi connectivity index (χ0v) is 10.4. The Bertz CT molecular complexity index is 213. The van der Waals surface area contributed by atoms with Crippen molar-refractivity contribution in [3.8, 4) is 0 Å². The fraction of sp³-hybridized carbons (Fsp3) is 0.929. The summed E-state index contributed by atoms with van der Waals surface area (Å²) in [6.45, 7) is 2.03. The molecule has 2 fully saturated rings. The number of nitrogens with zero attached hydrogens (tertiary/aromatic N) is 1. The van der Waals surface area contributed by atoms with Gasteiger partial charge in [-0.25, -0.2) is 0 Å². The van der Waals surface area contributed by atoms with Crippen molar-refractivity contribution in [2.24, 2.45) is 5.92 Å². The number of carbonyl (C=O) groups excluding carboxylic acids is 1. The molecule has 0 radical (unpaired) electrons. The molecule has 0 aromatic heterocycles. The number of likely N-dealkylation sites (tertiary alicyclic amines) is 1. The highest BCUT2D eigenvalue weighted by Crippen LogP contribution is 2.28. The van der Waals surface area contributed by atoms with Gasteiger partial charge in [0, 0.05) is 19.5 Å². The van der Waals surface area contributed by atoms with Crippen molar-refractivity contribution in [1.82, 2.24) is 4.90 Å². The van der Waals surface area contributed by atoms with Gasteiger partial charge in [0.05, 0.1) is 0 Å². The molecule has 0 bridgehead atoms. The summed E-state index contributed by atoms with van der Waals surface area (Å²) in [5.41, 5.74) is 0. The van der Waals surface area contributed by atoms with Crippen molar-refractivity contribution in [2.45, 2.75) is 64.2 Å². The molecule has 2 aliphatic rings. The first-order chi connectivity index (χ1) is 7.86. The number of hydrogen-bond acceptors (Lipinski definition) is 1. The summed E-state index contributed by atoms with van der Waals surface area (Å²) in [6, 6.07) is 0. The lowest BCUT2D eigenvalue weighted by Crippen LogP contribution is -2.31. The number of amides is 1. The highest BCUT2D eigenvalue weighted by molar-refractivity contribution is 5.76. The lowest BCUT2D eigenvalue weighted by molar-refractivity contribution is -0.131. The lowest BCUT2D eigenvalue weighted by Gasteiger charge is -2.21. The Labute approximate surface area is 99.4 Å². The number of rotatable bonds is 3. The van der Waals surface area contributed by atoms with Gasteiger partial charge in [-0.1, -0.05) is 38.5 Å². The molecule has 1 heterocycles. The van der Waals surface area contributed by atoms with Crippen LogP contribution in [0.2, 0.25) is 0 Å². The lowest BCUT2D eigenvalue weighted by atomic mass is 10.0. The summed E-state index contributed by atoms with van der Waals surface area (Å²) in [5.74, 6) is 1.28. The smallest absolute Gasteiger partial charge is 0.222 e. The second-order valence-corrected chi connectivity index (χ2v) is 5.48. The zero-order chi connectivity index (χ0) is 11.2. The average molecular weight is 223 g/mol. The van der Waals surface area contributed by atoms with Crippen LogP contribution in [0.4, 0.5) is 0 Å². The molecule has 16 heavy (non-hydrogen) atoms. The fourth-order valence-electron chi connectivity index (χ4n) is 3.10. The van der Waals surface area contributed by atoms with Crippen LogP contribution in [0.1, 0.15) is 64.2 Å². The van der Waals surface area contributed by atoms with Crippen molar-refractivity contribution < 1.29 is 4.79 Å². The van der Waals surface area contributed by atoms with E-state index < -0.39 is 0 Å². The van der Waals surface area contributed by atoms with Crippen LogP contribution in [-0.2, 0) is 4.79 Å². The maximum absolute atomic E-state index is 12.0. The molecule has 0 aromatic rings. The molecule has 1 saturated heterocycles. The van der Waals surface area contributed by atoms with Crippen LogP contribution in [0.25, 0.3) is 0 Å². The molecule has 92 valence electrons. The third-order valence-electron chi connectivity index (χ3n) is 4.20. The van der Waals surface area contributed by atoms with Gasteiger partial charge < -0.3 is 4.90 Å². The Morgan fingerprint density at radius 1 is 0.938 bits per heavy atom. The standard InChI is InChI=1S/C14H25NO/c16-14(10-9-13-7-3-4-8-13)15-11-5-1-2-6-12-15/h13H,1-12H2. The molecule has 1 saturated carbocycles. The van der Waals surface area contributed by atoms with Crippen LogP contribution in [-0.4, -0.2) is 23.9 Å². The van der Waals surface area contributed by atoms with E-state index in [1.54, 1.807) is 0 Å².